The number of rotatable bonds is 55. The Morgan fingerprint density at radius 1 is 0.409 bits per heavy atom. The number of carbonyl (C=O) groups is 2. The largest absolute Gasteiger partial charge is 0.466 e. The number of amides is 1. The molecule has 1 amide bonds. The quantitative estimate of drug-likeness (QED) is 0.0321. The van der Waals surface area contributed by atoms with Gasteiger partial charge in [-0.1, -0.05) is 282 Å². The second kappa shape index (κ2) is 55.9. The van der Waals surface area contributed by atoms with Crippen molar-refractivity contribution in [2.75, 3.05) is 13.2 Å². The van der Waals surface area contributed by atoms with Gasteiger partial charge in [-0.25, -0.2) is 0 Å². The SMILES string of the molecule is CCCC/C=C\CCCCCCCC(=O)OCCCCCCCCCCCCCCCCCCC(=O)NC(CO)C(O)/C=C/CCCCCCCCCCCCCCCCCCCCCC. The summed E-state index contributed by atoms with van der Waals surface area (Å²) in [5, 5.41) is 23.2. The Bertz CT molecular complexity index is 1030. The summed E-state index contributed by atoms with van der Waals surface area (Å²) < 4.78 is 5.45. The predicted octanol–water partition coefficient (Wildman–Crippen LogP) is 18.2. The number of allylic oxidation sites excluding steroid dienone is 3. The monoisotopic (exact) mass is 930 g/mol. The maximum atomic E-state index is 12.5. The Morgan fingerprint density at radius 2 is 0.727 bits per heavy atom. The van der Waals surface area contributed by atoms with E-state index >= 15 is 0 Å². The van der Waals surface area contributed by atoms with Crippen LogP contribution in [0.1, 0.15) is 322 Å². The van der Waals surface area contributed by atoms with Gasteiger partial charge in [0.2, 0.25) is 5.91 Å². The van der Waals surface area contributed by atoms with E-state index in [1.54, 1.807) is 6.08 Å². The van der Waals surface area contributed by atoms with Crippen LogP contribution in [0.15, 0.2) is 24.3 Å². The molecule has 3 N–H and O–H groups in total. The first-order valence-electron chi connectivity index (χ1n) is 29.6. The van der Waals surface area contributed by atoms with Gasteiger partial charge in [0.15, 0.2) is 0 Å². The molecule has 0 radical (unpaired) electrons. The first-order valence-corrected chi connectivity index (χ1v) is 29.6. The van der Waals surface area contributed by atoms with Gasteiger partial charge in [-0.2, -0.15) is 0 Å². The van der Waals surface area contributed by atoms with Gasteiger partial charge in [-0.3, -0.25) is 9.59 Å². The van der Waals surface area contributed by atoms with Crippen LogP contribution in [0.5, 0.6) is 0 Å². The summed E-state index contributed by atoms with van der Waals surface area (Å²) in [6.45, 7) is 4.87. The molecular formula is C60H115NO5. The van der Waals surface area contributed by atoms with Gasteiger partial charge in [-0.15, -0.1) is 0 Å². The number of carbonyl (C=O) groups excluding carboxylic acids is 2. The number of hydrogen-bond acceptors (Lipinski definition) is 5. The predicted molar refractivity (Wildman–Crippen MR) is 287 cm³/mol. The molecule has 390 valence electrons. The molecule has 6 heteroatoms. The van der Waals surface area contributed by atoms with E-state index in [0.717, 1.165) is 44.9 Å². The fourth-order valence-electron chi connectivity index (χ4n) is 9.15. The van der Waals surface area contributed by atoms with E-state index in [4.69, 9.17) is 4.74 Å². The van der Waals surface area contributed by atoms with Crippen LogP contribution in [-0.2, 0) is 14.3 Å². The van der Waals surface area contributed by atoms with Crippen molar-refractivity contribution in [1.29, 1.82) is 0 Å². The topological polar surface area (TPSA) is 95.9 Å². The molecule has 0 spiro atoms. The molecule has 0 aromatic carbocycles. The molecule has 0 aromatic heterocycles. The molecule has 0 aliphatic carbocycles. The Hall–Kier alpha value is -1.66. The molecule has 0 aliphatic rings. The Kier molecular flexibility index (Phi) is 54.5. The van der Waals surface area contributed by atoms with Crippen molar-refractivity contribution in [3.8, 4) is 0 Å². The van der Waals surface area contributed by atoms with Crippen molar-refractivity contribution >= 4 is 11.9 Å². The minimum Gasteiger partial charge on any atom is -0.466 e. The highest BCUT2D eigenvalue weighted by molar-refractivity contribution is 5.76. The number of aliphatic hydroxyl groups is 2. The first kappa shape index (κ1) is 64.3. The molecule has 0 saturated heterocycles. The van der Waals surface area contributed by atoms with Gasteiger partial charge in [-0.05, 0) is 51.4 Å². The third kappa shape index (κ3) is 51.7. The smallest absolute Gasteiger partial charge is 0.305 e. The second-order valence-electron chi connectivity index (χ2n) is 20.3. The summed E-state index contributed by atoms with van der Waals surface area (Å²) >= 11 is 0. The van der Waals surface area contributed by atoms with E-state index in [1.165, 1.54) is 250 Å². The maximum Gasteiger partial charge on any atom is 0.305 e. The highest BCUT2D eigenvalue weighted by atomic mass is 16.5. The van der Waals surface area contributed by atoms with Crippen LogP contribution >= 0.6 is 0 Å². The number of nitrogens with one attached hydrogen (secondary N) is 1. The van der Waals surface area contributed by atoms with Gasteiger partial charge in [0.1, 0.15) is 0 Å². The normalized spacial score (nSPS) is 12.7. The zero-order valence-corrected chi connectivity index (χ0v) is 44.4. The van der Waals surface area contributed by atoms with E-state index in [0.29, 0.717) is 19.4 Å². The van der Waals surface area contributed by atoms with Crippen molar-refractivity contribution in [1.82, 2.24) is 5.32 Å². The zero-order chi connectivity index (χ0) is 47.9. The van der Waals surface area contributed by atoms with E-state index in [2.05, 4.69) is 31.3 Å². The lowest BCUT2D eigenvalue weighted by Crippen LogP contribution is -2.45. The van der Waals surface area contributed by atoms with E-state index in [1.807, 2.05) is 6.08 Å². The molecule has 0 saturated carbocycles. The van der Waals surface area contributed by atoms with Gasteiger partial charge in [0.05, 0.1) is 25.4 Å². The molecule has 2 atom stereocenters. The lowest BCUT2D eigenvalue weighted by molar-refractivity contribution is -0.143. The fraction of sp³-hybridized carbons (Fsp3) is 0.900. The number of aliphatic hydroxyl groups excluding tert-OH is 2. The summed E-state index contributed by atoms with van der Waals surface area (Å²) in [5.74, 6) is -0.0807. The van der Waals surface area contributed by atoms with Gasteiger partial charge >= 0.3 is 5.97 Å². The number of hydrogen-bond donors (Lipinski definition) is 3. The van der Waals surface area contributed by atoms with E-state index in [9.17, 15) is 19.8 Å². The highest BCUT2D eigenvalue weighted by Gasteiger charge is 2.18. The molecule has 66 heavy (non-hydrogen) atoms. The standard InChI is InChI=1S/C60H115NO5/c1-3-5-7-9-11-13-15-16-17-18-19-20-21-22-23-26-29-33-36-40-44-48-52-58(63)57(56-62)61-59(64)53-49-45-41-37-34-30-27-24-25-28-31-35-39-43-47-51-55-66-60(65)54-50-46-42-38-32-14-12-10-8-6-4-2/h10,12,48,52,57-58,62-63H,3-9,11,13-47,49-51,53-56H2,1-2H3,(H,61,64)/b12-10-,52-48+. The third-order valence-corrected chi connectivity index (χ3v) is 13.7. The molecule has 0 bridgehead atoms. The summed E-state index contributed by atoms with van der Waals surface area (Å²) in [6.07, 6.45) is 67.7. The second-order valence-corrected chi connectivity index (χ2v) is 20.3. The fourth-order valence-corrected chi connectivity index (χ4v) is 9.15. The van der Waals surface area contributed by atoms with Crippen LogP contribution in [0.3, 0.4) is 0 Å². The minimum absolute atomic E-state index is 0.00853. The van der Waals surface area contributed by atoms with Crippen molar-refractivity contribution in [3.63, 3.8) is 0 Å². The Labute approximate surface area is 411 Å². The molecule has 0 heterocycles. The maximum absolute atomic E-state index is 12.5. The van der Waals surface area contributed by atoms with E-state index in [-0.39, 0.29) is 18.5 Å². The number of ether oxygens (including phenoxy) is 1. The van der Waals surface area contributed by atoms with Gasteiger partial charge < -0.3 is 20.3 Å². The first-order chi connectivity index (χ1) is 32.5. The molecule has 0 aromatic rings. The average Bonchev–Trinajstić information content (AvgIpc) is 3.32. The zero-order valence-electron chi connectivity index (χ0n) is 44.4. The van der Waals surface area contributed by atoms with Crippen molar-refractivity contribution < 1.29 is 24.5 Å². The van der Waals surface area contributed by atoms with Gasteiger partial charge in [0.25, 0.3) is 0 Å². The number of unbranched alkanes of at least 4 members (excludes halogenated alkanes) is 42. The van der Waals surface area contributed by atoms with Crippen LogP contribution < -0.4 is 5.32 Å². The van der Waals surface area contributed by atoms with Crippen molar-refractivity contribution in [2.45, 2.75) is 334 Å². The summed E-state index contributed by atoms with van der Waals surface area (Å²) in [5.41, 5.74) is 0. The van der Waals surface area contributed by atoms with Crippen molar-refractivity contribution in [2.24, 2.45) is 0 Å². The molecular weight excluding hydrogens is 815 g/mol. The van der Waals surface area contributed by atoms with Crippen LogP contribution in [-0.4, -0.2) is 47.4 Å². The average molecular weight is 931 g/mol. The minimum atomic E-state index is -0.850. The molecule has 0 rings (SSSR count). The lowest BCUT2D eigenvalue weighted by Gasteiger charge is -2.20. The van der Waals surface area contributed by atoms with E-state index < -0.39 is 12.1 Å². The molecule has 0 fully saturated rings. The van der Waals surface area contributed by atoms with Gasteiger partial charge in [0, 0.05) is 12.8 Å². The number of esters is 1. The van der Waals surface area contributed by atoms with Crippen LogP contribution in [0.2, 0.25) is 0 Å². The highest BCUT2D eigenvalue weighted by Crippen LogP contribution is 2.17. The van der Waals surface area contributed by atoms with Crippen LogP contribution in [0.4, 0.5) is 0 Å². The summed E-state index contributed by atoms with van der Waals surface area (Å²) in [6, 6.07) is -0.634. The van der Waals surface area contributed by atoms with Crippen LogP contribution in [0.25, 0.3) is 0 Å². The molecule has 0 aliphatic heterocycles. The Morgan fingerprint density at radius 3 is 1.12 bits per heavy atom. The molecule has 2 unspecified atom stereocenters. The third-order valence-electron chi connectivity index (χ3n) is 13.7. The summed E-state index contributed by atoms with van der Waals surface area (Å²) in [4.78, 5) is 24.5. The van der Waals surface area contributed by atoms with Crippen molar-refractivity contribution in [3.05, 3.63) is 24.3 Å². The lowest BCUT2D eigenvalue weighted by atomic mass is 10.0. The molecule has 6 nitrogen and oxygen atoms in total. The Balaban J connectivity index is 3.47. The van der Waals surface area contributed by atoms with Crippen LogP contribution in [0, 0.1) is 0 Å². The summed E-state index contributed by atoms with van der Waals surface area (Å²) in [7, 11) is 0.